The van der Waals surface area contributed by atoms with Crippen LogP contribution in [0, 0.1) is 0 Å². The van der Waals surface area contributed by atoms with E-state index in [4.69, 9.17) is 9.78 Å². The first kappa shape index (κ1) is 9.13. The fourth-order valence-corrected chi connectivity index (χ4v) is 2.52. The predicted molar refractivity (Wildman–Crippen MR) is 57.1 cm³/mol. The molecule has 0 fully saturated rings. The van der Waals surface area contributed by atoms with Crippen molar-refractivity contribution in [3.05, 3.63) is 47.0 Å². The van der Waals surface area contributed by atoms with E-state index in [1.807, 2.05) is 19.1 Å². The molecule has 0 spiro atoms. The van der Waals surface area contributed by atoms with Crippen molar-refractivity contribution in [2.24, 2.45) is 0 Å². The summed E-state index contributed by atoms with van der Waals surface area (Å²) in [7, 11) is 0. The number of benzene rings is 1. The van der Waals surface area contributed by atoms with Crippen molar-refractivity contribution in [1.82, 2.24) is 0 Å². The second kappa shape index (κ2) is 2.52. The van der Waals surface area contributed by atoms with Crippen LogP contribution >= 0.6 is 0 Å². The Kier molecular flexibility index (Phi) is 1.53. The summed E-state index contributed by atoms with van der Waals surface area (Å²) in [4.78, 5) is 11.0. The van der Waals surface area contributed by atoms with E-state index in [-0.39, 0.29) is 0 Å². The van der Waals surface area contributed by atoms with Crippen LogP contribution < -0.4 is 0 Å². The fraction of sp³-hybridized carbons (Fsp3) is 0.385. The molecule has 2 heterocycles. The molecule has 0 saturated carbocycles. The van der Waals surface area contributed by atoms with Crippen LogP contribution in [0.5, 0.6) is 0 Å². The Hall–Kier alpha value is -1.12. The molecule has 2 atom stereocenters. The van der Waals surface area contributed by atoms with Crippen molar-refractivity contribution < 1.29 is 9.78 Å². The third-order valence-electron chi connectivity index (χ3n) is 3.60. The Morgan fingerprint density at radius 3 is 2.33 bits per heavy atom. The molecule has 3 aliphatic rings. The molecule has 0 radical (unpaired) electrons. The maximum absolute atomic E-state index is 5.54. The Morgan fingerprint density at radius 1 is 1.00 bits per heavy atom. The lowest BCUT2D eigenvalue weighted by Crippen LogP contribution is -2.46. The van der Waals surface area contributed by atoms with Crippen molar-refractivity contribution in [2.45, 2.75) is 32.0 Å². The van der Waals surface area contributed by atoms with Gasteiger partial charge in [0.1, 0.15) is 11.2 Å². The van der Waals surface area contributed by atoms with Gasteiger partial charge in [-0.3, -0.25) is 0 Å². The molecule has 0 amide bonds. The minimum absolute atomic E-state index is 0.408. The Bertz CT molecular complexity index is 463. The van der Waals surface area contributed by atoms with E-state index in [9.17, 15) is 0 Å². The highest BCUT2D eigenvalue weighted by Crippen LogP contribution is 2.51. The molecule has 0 aromatic heterocycles. The van der Waals surface area contributed by atoms with Gasteiger partial charge in [0.2, 0.25) is 0 Å². The van der Waals surface area contributed by atoms with Crippen molar-refractivity contribution in [2.75, 3.05) is 0 Å². The van der Waals surface area contributed by atoms with Crippen molar-refractivity contribution in [3.8, 4) is 0 Å². The van der Waals surface area contributed by atoms with Gasteiger partial charge in [0.15, 0.2) is 0 Å². The van der Waals surface area contributed by atoms with Gasteiger partial charge < -0.3 is 0 Å². The lowest BCUT2D eigenvalue weighted by Gasteiger charge is -2.47. The largest absolute Gasteiger partial charge is 0.220 e. The topological polar surface area (TPSA) is 18.5 Å². The molecule has 0 saturated heterocycles. The first-order valence-electron chi connectivity index (χ1n) is 5.23. The first-order valence-corrected chi connectivity index (χ1v) is 5.23. The number of hydrogen-bond donors (Lipinski definition) is 0. The Balaban J connectivity index is 2.36. The maximum Gasteiger partial charge on any atom is 0.147 e. The number of hydrogen-bond acceptors (Lipinski definition) is 2. The van der Waals surface area contributed by atoms with Gasteiger partial charge in [-0.05, 0) is 43.5 Å². The SMILES string of the molecule is CC1=C[C@@]2(C)OO[C@]1(C)c1ccccc12. The van der Waals surface area contributed by atoms with E-state index in [2.05, 4.69) is 32.1 Å². The van der Waals surface area contributed by atoms with Crippen molar-refractivity contribution in [3.63, 3.8) is 0 Å². The van der Waals surface area contributed by atoms with Gasteiger partial charge in [-0.15, -0.1) is 0 Å². The number of fused-ring (bicyclic) bond motifs is 1. The maximum atomic E-state index is 5.54. The van der Waals surface area contributed by atoms with Crippen molar-refractivity contribution >= 4 is 0 Å². The molecule has 2 bridgehead atoms. The second-order valence-corrected chi connectivity index (χ2v) is 4.68. The van der Waals surface area contributed by atoms with Gasteiger partial charge in [0.05, 0.1) is 0 Å². The molecule has 15 heavy (non-hydrogen) atoms. The molecular formula is C13H14O2. The highest BCUT2D eigenvalue weighted by molar-refractivity contribution is 5.49. The standard InChI is InChI=1S/C13H14O2/c1-9-8-12(2)10-6-4-5-7-11(10)13(9,3)15-14-12/h4-8H,1-3H3/t12-,13+/m1/s1. The minimum atomic E-state index is -0.418. The van der Waals surface area contributed by atoms with Gasteiger partial charge in [0, 0.05) is 0 Å². The van der Waals surface area contributed by atoms with E-state index < -0.39 is 11.2 Å². The van der Waals surface area contributed by atoms with E-state index >= 15 is 0 Å². The smallest absolute Gasteiger partial charge is 0.147 e. The van der Waals surface area contributed by atoms with Gasteiger partial charge in [0.25, 0.3) is 0 Å². The molecule has 0 unspecified atom stereocenters. The Labute approximate surface area is 89.4 Å². The van der Waals surface area contributed by atoms with E-state index in [0.29, 0.717) is 0 Å². The summed E-state index contributed by atoms with van der Waals surface area (Å²) in [6.45, 7) is 6.18. The van der Waals surface area contributed by atoms with Crippen LogP contribution in [0.15, 0.2) is 35.9 Å². The van der Waals surface area contributed by atoms with E-state index in [0.717, 1.165) is 0 Å². The summed E-state index contributed by atoms with van der Waals surface area (Å²) in [5, 5.41) is 0. The fourth-order valence-electron chi connectivity index (χ4n) is 2.52. The van der Waals surface area contributed by atoms with Crippen LogP contribution in [0.4, 0.5) is 0 Å². The molecule has 2 aliphatic heterocycles. The number of rotatable bonds is 0. The minimum Gasteiger partial charge on any atom is -0.220 e. The first-order chi connectivity index (χ1) is 7.06. The van der Waals surface area contributed by atoms with Crippen LogP contribution in [0.1, 0.15) is 31.9 Å². The molecule has 1 aliphatic carbocycles. The molecule has 78 valence electrons. The van der Waals surface area contributed by atoms with Gasteiger partial charge in [-0.25, -0.2) is 9.78 Å². The summed E-state index contributed by atoms with van der Waals surface area (Å²) < 4.78 is 0. The summed E-state index contributed by atoms with van der Waals surface area (Å²) in [5.74, 6) is 0. The second-order valence-electron chi connectivity index (χ2n) is 4.68. The van der Waals surface area contributed by atoms with Gasteiger partial charge >= 0.3 is 0 Å². The van der Waals surface area contributed by atoms with Crippen LogP contribution in [-0.4, -0.2) is 0 Å². The normalized spacial score (nSPS) is 37.4. The lowest BCUT2D eigenvalue weighted by atomic mass is 9.73. The van der Waals surface area contributed by atoms with Crippen LogP contribution in [0.3, 0.4) is 0 Å². The molecular weight excluding hydrogens is 188 g/mol. The van der Waals surface area contributed by atoms with Crippen molar-refractivity contribution in [1.29, 1.82) is 0 Å². The van der Waals surface area contributed by atoms with E-state index in [1.54, 1.807) is 0 Å². The molecule has 0 N–H and O–H groups in total. The quantitative estimate of drug-likeness (QED) is 0.475. The molecule has 1 aromatic rings. The molecule has 2 heteroatoms. The van der Waals surface area contributed by atoms with Crippen LogP contribution in [-0.2, 0) is 21.0 Å². The average Bonchev–Trinajstić information content (AvgIpc) is 2.23. The zero-order valence-electron chi connectivity index (χ0n) is 9.20. The zero-order valence-corrected chi connectivity index (χ0v) is 9.20. The third-order valence-corrected chi connectivity index (χ3v) is 3.60. The highest BCUT2D eigenvalue weighted by atomic mass is 17.2. The summed E-state index contributed by atoms with van der Waals surface area (Å²) in [6, 6.07) is 8.32. The molecule has 4 rings (SSSR count). The molecule has 1 aromatic carbocycles. The summed E-state index contributed by atoms with van der Waals surface area (Å²) in [5.41, 5.74) is 2.82. The average molecular weight is 202 g/mol. The third kappa shape index (κ3) is 0.959. The van der Waals surface area contributed by atoms with Gasteiger partial charge in [-0.1, -0.05) is 24.3 Å². The van der Waals surface area contributed by atoms with E-state index in [1.165, 1.54) is 16.7 Å². The summed E-state index contributed by atoms with van der Waals surface area (Å²) in [6.07, 6.45) is 2.15. The Morgan fingerprint density at radius 2 is 1.67 bits per heavy atom. The lowest BCUT2D eigenvalue weighted by molar-refractivity contribution is -0.418. The van der Waals surface area contributed by atoms with Crippen LogP contribution in [0.2, 0.25) is 0 Å². The van der Waals surface area contributed by atoms with Gasteiger partial charge in [-0.2, -0.15) is 0 Å². The summed E-state index contributed by atoms with van der Waals surface area (Å²) >= 11 is 0. The molecule has 2 nitrogen and oxygen atoms in total. The predicted octanol–water partition coefficient (Wildman–Crippen LogP) is 3.04. The monoisotopic (exact) mass is 202 g/mol. The zero-order chi connectivity index (χ0) is 10.7. The van der Waals surface area contributed by atoms with Crippen LogP contribution in [0.25, 0.3) is 0 Å². The highest BCUT2D eigenvalue weighted by Gasteiger charge is 2.50.